The van der Waals surface area contributed by atoms with Gasteiger partial charge in [-0.15, -0.1) is 0 Å². The zero-order chi connectivity index (χ0) is 10.5. The Balaban J connectivity index is 0.000000671. The molecule has 0 atom stereocenters. The molecular formula is C8H13NO3S. The summed E-state index contributed by atoms with van der Waals surface area (Å²) < 4.78 is 21.7. The first kappa shape index (κ1) is 12.1. The van der Waals surface area contributed by atoms with Gasteiger partial charge in [-0.05, 0) is 18.6 Å². The normalized spacial score (nSPS) is 10.2. The van der Waals surface area contributed by atoms with Crippen molar-refractivity contribution in [2.24, 2.45) is 5.14 Å². The first-order chi connectivity index (χ1) is 6.02. The van der Waals surface area contributed by atoms with E-state index in [0.29, 0.717) is 5.56 Å². The van der Waals surface area contributed by atoms with Gasteiger partial charge in [0, 0.05) is 7.11 Å². The van der Waals surface area contributed by atoms with Gasteiger partial charge in [0.1, 0.15) is 0 Å². The molecule has 0 aliphatic carbocycles. The lowest BCUT2D eigenvalue weighted by Gasteiger charge is -2.00. The number of hydrogen-bond donors (Lipinski definition) is 2. The maximum absolute atomic E-state index is 10.8. The second-order valence-electron chi connectivity index (χ2n) is 2.31. The van der Waals surface area contributed by atoms with Gasteiger partial charge >= 0.3 is 0 Å². The molecule has 74 valence electrons. The lowest BCUT2D eigenvalue weighted by molar-refractivity contribution is 0.399. The van der Waals surface area contributed by atoms with Crippen molar-refractivity contribution < 1.29 is 13.5 Å². The van der Waals surface area contributed by atoms with E-state index in [0.717, 1.165) is 7.11 Å². The summed E-state index contributed by atoms with van der Waals surface area (Å²) in [5.41, 5.74) is 0.676. The maximum Gasteiger partial charge on any atom is 0.238 e. The Hall–Kier alpha value is -0.910. The predicted octanol–water partition coefficient (Wildman–Crippen LogP) is 0.251. The Kier molecular flexibility index (Phi) is 4.61. The number of primary sulfonamides is 1. The Morgan fingerprint density at radius 2 is 1.69 bits per heavy atom. The molecule has 0 bridgehead atoms. The number of nitrogens with two attached hydrogens (primary N) is 1. The highest BCUT2D eigenvalue weighted by Crippen LogP contribution is 2.10. The van der Waals surface area contributed by atoms with Gasteiger partial charge in [0.15, 0.2) is 0 Å². The van der Waals surface area contributed by atoms with Crippen molar-refractivity contribution in [3.63, 3.8) is 0 Å². The monoisotopic (exact) mass is 203 g/mol. The van der Waals surface area contributed by atoms with Gasteiger partial charge in [-0.3, -0.25) is 0 Å². The highest BCUT2D eigenvalue weighted by molar-refractivity contribution is 7.89. The summed E-state index contributed by atoms with van der Waals surface area (Å²) in [6.45, 7) is 1.71. The molecule has 0 aliphatic heterocycles. The Morgan fingerprint density at radius 3 is 2.00 bits per heavy atom. The summed E-state index contributed by atoms with van der Waals surface area (Å²) in [6.07, 6.45) is 0. The van der Waals surface area contributed by atoms with E-state index >= 15 is 0 Å². The fourth-order valence-electron chi connectivity index (χ4n) is 0.876. The molecule has 1 rings (SSSR count). The third-order valence-corrected chi connectivity index (χ3v) is 2.47. The molecule has 0 amide bonds. The highest BCUT2D eigenvalue weighted by Gasteiger charge is 2.08. The molecule has 1 aromatic rings. The van der Waals surface area contributed by atoms with Gasteiger partial charge in [0.25, 0.3) is 0 Å². The van der Waals surface area contributed by atoms with E-state index < -0.39 is 10.0 Å². The molecule has 5 heteroatoms. The molecule has 0 unspecified atom stereocenters. The second-order valence-corrected chi connectivity index (χ2v) is 3.84. The lowest BCUT2D eigenvalue weighted by Crippen LogP contribution is -2.13. The number of aliphatic hydroxyl groups is 1. The number of aryl methyl sites for hydroxylation is 1. The molecule has 0 saturated carbocycles. The van der Waals surface area contributed by atoms with E-state index in [4.69, 9.17) is 10.2 Å². The van der Waals surface area contributed by atoms with Crippen LogP contribution in [0.1, 0.15) is 5.56 Å². The molecule has 3 N–H and O–H groups in total. The van der Waals surface area contributed by atoms with Crippen molar-refractivity contribution in [2.75, 3.05) is 7.11 Å². The molecule has 0 fully saturated rings. The molecule has 1 aromatic carbocycles. The van der Waals surface area contributed by atoms with Crippen molar-refractivity contribution >= 4 is 10.0 Å². The standard InChI is InChI=1S/C7H9NO2S.CH4O/c1-6-4-2-3-5-7(6)11(8,9)10;1-2/h2-5H,1H3,(H2,8,9,10);2H,1H3. The number of sulfonamides is 1. The van der Waals surface area contributed by atoms with Crippen molar-refractivity contribution in [2.45, 2.75) is 11.8 Å². The van der Waals surface area contributed by atoms with E-state index in [2.05, 4.69) is 0 Å². The van der Waals surface area contributed by atoms with Crippen LogP contribution in [0, 0.1) is 6.92 Å². The molecule has 0 radical (unpaired) electrons. The van der Waals surface area contributed by atoms with Crippen LogP contribution in [0.4, 0.5) is 0 Å². The topological polar surface area (TPSA) is 80.4 Å². The van der Waals surface area contributed by atoms with Crippen LogP contribution >= 0.6 is 0 Å². The quantitative estimate of drug-likeness (QED) is 0.686. The molecule has 0 saturated heterocycles. The van der Waals surface area contributed by atoms with Gasteiger partial charge in [-0.25, -0.2) is 13.6 Å². The molecule has 0 heterocycles. The molecular weight excluding hydrogens is 190 g/mol. The zero-order valence-electron chi connectivity index (χ0n) is 7.56. The summed E-state index contributed by atoms with van der Waals surface area (Å²) in [5, 5.41) is 11.9. The number of hydrogen-bond acceptors (Lipinski definition) is 3. The van der Waals surface area contributed by atoms with E-state index in [-0.39, 0.29) is 4.90 Å². The van der Waals surface area contributed by atoms with Crippen LogP contribution in [-0.4, -0.2) is 20.6 Å². The van der Waals surface area contributed by atoms with Crippen LogP contribution < -0.4 is 5.14 Å². The summed E-state index contributed by atoms with van der Waals surface area (Å²) in [5.74, 6) is 0. The van der Waals surface area contributed by atoms with Crippen molar-refractivity contribution in [1.29, 1.82) is 0 Å². The Labute approximate surface area is 78.1 Å². The average molecular weight is 203 g/mol. The third kappa shape index (κ3) is 3.54. The molecule has 4 nitrogen and oxygen atoms in total. The first-order valence-corrected chi connectivity index (χ1v) is 5.09. The first-order valence-electron chi connectivity index (χ1n) is 3.55. The average Bonchev–Trinajstić information content (AvgIpc) is 2.07. The summed E-state index contributed by atoms with van der Waals surface area (Å²) >= 11 is 0. The minimum absolute atomic E-state index is 0.194. The minimum Gasteiger partial charge on any atom is -0.400 e. The second kappa shape index (κ2) is 4.96. The Morgan fingerprint density at radius 1 is 1.23 bits per heavy atom. The summed E-state index contributed by atoms with van der Waals surface area (Å²) in [4.78, 5) is 0.194. The van der Waals surface area contributed by atoms with Crippen LogP contribution in [0.25, 0.3) is 0 Å². The van der Waals surface area contributed by atoms with Gasteiger partial charge in [0.2, 0.25) is 10.0 Å². The van der Waals surface area contributed by atoms with Gasteiger partial charge in [-0.2, -0.15) is 0 Å². The van der Waals surface area contributed by atoms with Crippen LogP contribution in [-0.2, 0) is 10.0 Å². The number of aliphatic hydroxyl groups excluding tert-OH is 1. The van der Waals surface area contributed by atoms with Gasteiger partial charge in [-0.1, -0.05) is 18.2 Å². The van der Waals surface area contributed by atoms with Crippen LogP contribution in [0.15, 0.2) is 29.2 Å². The smallest absolute Gasteiger partial charge is 0.238 e. The number of rotatable bonds is 1. The van der Waals surface area contributed by atoms with Crippen LogP contribution in [0.5, 0.6) is 0 Å². The Bertz CT molecular complexity index is 359. The van der Waals surface area contributed by atoms with Crippen molar-refractivity contribution in [3.8, 4) is 0 Å². The minimum atomic E-state index is -3.53. The zero-order valence-corrected chi connectivity index (χ0v) is 8.38. The summed E-state index contributed by atoms with van der Waals surface area (Å²) in [7, 11) is -2.53. The van der Waals surface area contributed by atoms with E-state index in [1.807, 2.05) is 0 Å². The van der Waals surface area contributed by atoms with Crippen LogP contribution in [0.3, 0.4) is 0 Å². The fourth-order valence-corrected chi connectivity index (χ4v) is 1.66. The number of benzene rings is 1. The molecule has 0 spiro atoms. The fraction of sp³-hybridized carbons (Fsp3) is 0.250. The van der Waals surface area contributed by atoms with E-state index in [1.54, 1.807) is 25.1 Å². The predicted molar refractivity (Wildman–Crippen MR) is 50.7 cm³/mol. The SMILES string of the molecule is CO.Cc1ccccc1S(N)(=O)=O. The van der Waals surface area contributed by atoms with Crippen LogP contribution in [0.2, 0.25) is 0 Å². The van der Waals surface area contributed by atoms with Gasteiger partial charge in [0.05, 0.1) is 4.90 Å². The molecule has 0 aromatic heterocycles. The van der Waals surface area contributed by atoms with E-state index in [9.17, 15) is 8.42 Å². The highest BCUT2D eigenvalue weighted by atomic mass is 32.2. The van der Waals surface area contributed by atoms with Gasteiger partial charge < -0.3 is 5.11 Å². The lowest BCUT2D eigenvalue weighted by atomic mass is 10.2. The van der Waals surface area contributed by atoms with Crippen molar-refractivity contribution in [1.82, 2.24) is 0 Å². The van der Waals surface area contributed by atoms with Crippen molar-refractivity contribution in [3.05, 3.63) is 29.8 Å². The molecule has 0 aliphatic rings. The summed E-state index contributed by atoms with van der Waals surface area (Å²) in [6, 6.07) is 6.61. The molecule has 13 heavy (non-hydrogen) atoms. The third-order valence-electron chi connectivity index (χ3n) is 1.40. The maximum atomic E-state index is 10.8. The van der Waals surface area contributed by atoms with E-state index in [1.165, 1.54) is 6.07 Å². The largest absolute Gasteiger partial charge is 0.400 e.